The number of hydrogen-bond acceptors (Lipinski definition) is 4. The number of aromatic nitrogens is 2. The monoisotopic (exact) mass is 299 g/mol. The summed E-state index contributed by atoms with van der Waals surface area (Å²) in [4.78, 5) is 28.3. The van der Waals surface area contributed by atoms with E-state index in [1.165, 1.54) is 11.3 Å². The number of thiazole rings is 1. The second-order valence-corrected chi connectivity index (χ2v) is 5.92. The Labute approximate surface area is 124 Å². The van der Waals surface area contributed by atoms with Crippen molar-refractivity contribution < 1.29 is 4.79 Å². The Balaban J connectivity index is 2.54. The molecule has 2 N–H and O–H groups in total. The van der Waals surface area contributed by atoms with Crippen molar-refractivity contribution in [3.8, 4) is 11.1 Å². The van der Waals surface area contributed by atoms with Crippen LogP contribution in [0.2, 0.25) is 0 Å². The van der Waals surface area contributed by atoms with Crippen LogP contribution in [0, 0.1) is 13.8 Å². The number of fused-ring (bicyclic) bond motifs is 1. The molecule has 0 bridgehead atoms. The highest BCUT2D eigenvalue weighted by molar-refractivity contribution is 7.19. The van der Waals surface area contributed by atoms with Crippen LogP contribution in [-0.4, -0.2) is 15.6 Å². The molecule has 0 unspecified atom stereocenters. The van der Waals surface area contributed by atoms with Crippen molar-refractivity contribution in [2.45, 2.75) is 13.8 Å². The topological polar surface area (TPSA) is 78.0 Å². The van der Waals surface area contributed by atoms with E-state index in [0.29, 0.717) is 11.2 Å². The Bertz CT molecular complexity index is 910. The zero-order valence-corrected chi connectivity index (χ0v) is 12.4. The van der Waals surface area contributed by atoms with Gasteiger partial charge in [0.15, 0.2) is 0 Å². The molecule has 0 aliphatic rings. The molecule has 3 aromatic rings. The van der Waals surface area contributed by atoms with E-state index in [9.17, 15) is 9.59 Å². The van der Waals surface area contributed by atoms with Gasteiger partial charge in [-0.05, 0) is 19.4 Å². The molecule has 2 heterocycles. The predicted octanol–water partition coefficient (Wildman–Crippen LogP) is 2.67. The standard InChI is InChI=1S/C15H13N3O2S/c1-8-11(10-6-4-3-5-7-10)13-12(17-9(2)21-13)14(19)18(8)15(16)20/h3-7H,1-2H3,(H2,16,20). The third kappa shape index (κ3) is 2.04. The highest BCUT2D eigenvalue weighted by atomic mass is 32.1. The first-order chi connectivity index (χ1) is 10.0. The summed E-state index contributed by atoms with van der Waals surface area (Å²) in [5.41, 5.74) is 7.49. The third-order valence-corrected chi connectivity index (χ3v) is 4.34. The van der Waals surface area contributed by atoms with Crippen LogP contribution in [-0.2, 0) is 0 Å². The predicted molar refractivity (Wildman–Crippen MR) is 83.8 cm³/mol. The van der Waals surface area contributed by atoms with E-state index in [2.05, 4.69) is 4.98 Å². The fraction of sp³-hybridized carbons (Fsp3) is 0.133. The van der Waals surface area contributed by atoms with Gasteiger partial charge in [0.1, 0.15) is 5.52 Å². The van der Waals surface area contributed by atoms with Crippen LogP contribution in [0.5, 0.6) is 0 Å². The molecule has 0 saturated carbocycles. The number of rotatable bonds is 1. The Kier molecular flexibility index (Phi) is 3.10. The zero-order valence-electron chi connectivity index (χ0n) is 11.6. The number of benzene rings is 1. The number of carbonyl (C=O) groups is 1. The van der Waals surface area contributed by atoms with Crippen LogP contribution in [0.1, 0.15) is 10.7 Å². The maximum absolute atomic E-state index is 12.4. The molecule has 0 spiro atoms. The number of primary amides is 1. The minimum Gasteiger partial charge on any atom is -0.351 e. The number of aryl methyl sites for hydroxylation is 1. The first-order valence-corrected chi connectivity index (χ1v) is 7.20. The van der Waals surface area contributed by atoms with Gasteiger partial charge in [-0.3, -0.25) is 4.79 Å². The highest BCUT2D eigenvalue weighted by Gasteiger charge is 2.20. The fourth-order valence-electron chi connectivity index (χ4n) is 2.49. The summed E-state index contributed by atoms with van der Waals surface area (Å²) in [7, 11) is 0. The molecule has 0 atom stereocenters. The Hall–Kier alpha value is -2.47. The highest BCUT2D eigenvalue weighted by Crippen LogP contribution is 2.33. The van der Waals surface area contributed by atoms with Crippen LogP contribution < -0.4 is 11.3 Å². The van der Waals surface area contributed by atoms with E-state index in [1.54, 1.807) is 6.92 Å². The summed E-state index contributed by atoms with van der Waals surface area (Å²) in [6, 6.07) is 8.82. The van der Waals surface area contributed by atoms with Gasteiger partial charge in [0.2, 0.25) is 0 Å². The average Bonchev–Trinajstić information content (AvgIpc) is 2.81. The van der Waals surface area contributed by atoms with Crippen molar-refractivity contribution >= 4 is 27.6 Å². The molecule has 1 amide bonds. The van der Waals surface area contributed by atoms with E-state index in [1.807, 2.05) is 37.3 Å². The summed E-state index contributed by atoms with van der Waals surface area (Å²) in [6.45, 7) is 3.56. The quantitative estimate of drug-likeness (QED) is 0.750. The third-order valence-electron chi connectivity index (χ3n) is 3.35. The number of nitrogens with zero attached hydrogens (tertiary/aromatic N) is 2. The van der Waals surface area contributed by atoms with Gasteiger partial charge in [-0.15, -0.1) is 11.3 Å². The Morgan fingerprint density at radius 2 is 1.90 bits per heavy atom. The second-order valence-electron chi connectivity index (χ2n) is 4.72. The van der Waals surface area contributed by atoms with Crippen molar-refractivity contribution in [3.63, 3.8) is 0 Å². The molecule has 2 aromatic heterocycles. The van der Waals surface area contributed by atoms with Crippen LogP contribution in [0.3, 0.4) is 0 Å². The molecular formula is C15H13N3O2S. The maximum atomic E-state index is 12.4. The molecule has 0 aliphatic carbocycles. The molecule has 6 heteroatoms. The molecule has 0 fully saturated rings. The largest absolute Gasteiger partial charge is 0.351 e. The SMILES string of the molecule is Cc1nc2c(=O)n(C(N)=O)c(C)c(-c3ccccc3)c2s1. The average molecular weight is 299 g/mol. The smallest absolute Gasteiger partial charge is 0.326 e. The second kappa shape index (κ2) is 4.82. The molecule has 3 rings (SSSR count). The van der Waals surface area contributed by atoms with Gasteiger partial charge in [0.25, 0.3) is 5.56 Å². The Morgan fingerprint density at radius 1 is 1.24 bits per heavy atom. The minimum atomic E-state index is -0.790. The lowest BCUT2D eigenvalue weighted by Gasteiger charge is -2.12. The normalized spacial score (nSPS) is 11.0. The molecular weight excluding hydrogens is 286 g/mol. The van der Waals surface area contributed by atoms with Crippen molar-refractivity contribution in [2.75, 3.05) is 0 Å². The van der Waals surface area contributed by atoms with Gasteiger partial charge in [-0.1, -0.05) is 30.3 Å². The lowest BCUT2D eigenvalue weighted by Crippen LogP contribution is -2.34. The maximum Gasteiger partial charge on any atom is 0.326 e. The number of hydrogen-bond donors (Lipinski definition) is 1. The summed E-state index contributed by atoms with van der Waals surface area (Å²) in [6.07, 6.45) is 0. The van der Waals surface area contributed by atoms with Gasteiger partial charge in [0.05, 0.1) is 9.71 Å². The first-order valence-electron chi connectivity index (χ1n) is 6.38. The lowest BCUT2D eigenvalue weighted by molar-refractivity contribution is 0.249. The fourth-order valence-corrected chi connectivity index (χ4v) is 3.52. The van der Waals surface area contributed by atoms with Crippen LogP contribution in [0.4, 0.5) is 4.79 Å². The summed E-state index contributed by atoms with van der Waals surface area (Å²) in [5.74, 6) is 0. The first kappa shape index (κ1) is 13.5. The van der Waals surface area contributed by atoms with E-state index < -0.39 is 11.6 Å². The lowest BCUT2D eigenvalue weighted by atomic mass is 10.0. The van der Waals surface area contributed by atoms with Crippen molar-refractivity contribution in [1.82, 2.24) is 9.55 Å². The van der Waals surface area contributed by atoms with Gasteiger partial charge in [-0.25, -0.2) is 14.3 Å². The van der Waals surface area contributed by atoms with Crippen molar-refractivity contribution in [3.05, 3.63) is 51.4 Å². The molecule has 1 aromatic carbocycles. The van der Waals surface area contributed by atoms with Gasteiger partial charge in [0, 0.05) is 11.3 Å². The summed E-state index contributed by atoms with van der Waals surface area (Å²) < 4.78 is 1.78. The van der Waals surface area contributed by atoms with Crippen molar-refractivity contribution in [1.29, 1.82) is 0 Å². The Morgan fingerprint density at radius 3 is 2.52 bits per heavy atom. The molecule has 21 heavy (non-hydrogen) atoms. The van der Waals surface area contributed by atoms with E-state index in [-0.39, 0.29) is 0 Å². The molecule has 0 saturated heterocycles. The van der Waals surface area contributed by atoms with Crippen LogP contribution in [0.25, 0.3) is 21.3 Å². The summed E-state index contributed by atoms with van der Waals surface area (Å²) >= 11 is 1.45. The van der Waals surface area contributed by atoms with E-state index in [4.69, 9.17) is 5.73 Å². The van der Waals surface area contributed by atoms with Crippen LogP contribution in [0.15, 0.2) is 35.1 Å². The summed E-state index contributed by atoms with van der Waals surface area (Å²) in [5, 5.41) is 0.779. The zero-order chi connectivity index (χ0) is 15.1. The van der Waals surface area contributed by atoms with E-state index >= 15 is 0 Å². The van der Waals surface area contributed by atoms with Crippen LogP contribution >= 0.6 is 11.3 Å². The van der Waals surface area contributed by atoms with Gasteiger partial charge in [-0.2, -0.15) is 0 Å². The molecule has 0 radical (unpaired) electrons. The number of pyridine rings is 1. The van der Waals surface area contributed by atoms with E-state index in [0.717, 1.165) is 25.4 Å². The number of carbonyl (C=O) groups excluding carboxylic acids is 1. The minimum absolute atomic E-state index is 0.292. The molecule has 0 aliphatic heterocycles. The van der Waals surface area contributed by atoms with Gasteiger partial charge < -0.3 is 5.73 Å². The molecule has 5 nitrogen and oxygen atoms in total. The number of amides is 1. The van der Waals surface area contributed by atoms with Crippen molar-refractivity contribution in [2.24, 2.45) is 5.73 Å². The molecule has 106 valence electrons. The van der Waals surface area contributed by atoms with Gasteiger partial charge >= 0.3 is 6.03 Å². The number of nitrogens with two attached hydrogens (primary N) is 1.